The third kappa shape index (κ3) is 3.75. The Hall–Kier alpha value is -2.11. The lowest BCUT2D eigenvalue weighted by atomic mass is 10.2. The molecule has 118 valence electrons. The third-order valence-corrected chi connectivity index (χ3v) is 4.28. The minimum absolute atomic E-state index is 0.673. The summed E-state index contributed by atoms with van der Waals surface area (Å²) in [7, 11) is 0. The standard InChI is InChI=1S/C16H24N6/c17-15(18-9-6-14-4-1-2-5-14)21-10-12-22(13-11-21)16-19-7-3-8-20-16/h3-4,7-8H,1-2,5-6,9-13H2,(H2,17,18). The number of piperazine rings is 1. The molecule has 0 aromatic carbocycles. The summed E-state index contributed by atoms with van der Waals surface area (Å²) in [6.45, 7) is 4.31. The van der Waals surface area contributed by atoms with E-state index in [0.29, 0.717) is 5.96 Å². The molecular weight excluding hydrogens is 276 g/mol. The highest BCUT2D eigenvalue weighted by Gasteiger charge is 2.19. The summed E-state index contributed by atoms with van der Waals surface area (Å²) in [6, 6.07) is 1.84. The first-order valence-electron chi connectivity index (χ1n) is 8.07. The zero-order chi connectivity index (χ0) is 15.2. The Balaban J connectivity index is 1.46. The molecule has 2 N–H and O–H groups in total. The number of allylic oxidation sites excluding steroid dienone is 1. The van der Waals surface area contributed by atoms with Crippen molar-refractivity contribution in [2.24, 2.45) is 10.7 Å². The number of hydrogen-bond acceptors (Lipinski definition) is 4. The number of aromatic nitrogens is 2. The number of hydrogen-bond donors (Lipinski definition) is 1. The molecule has 1 fully saturated rings. The van der Waals surface area contributed by atoms with Gasteiger partial charge in [0.25, 0.3) is 0 Å². The Kier molecular flexibility index (Phi) is 4.88. The van der Waals surface area contributed by atoms with Gasteiger partial charge in [0.2, 0.25) is 5.95 Å². The molecule has 6 heteroatoms. The molecule has 0 unspecified atom stereocenters. The quantitative estimate of drug-likeness (QED) is 0.517. The van der Waals surface area contributed by atoms with Gasteiger partial charge in [-0.15, -0.1) is 0 Å². The predicted octanol–water partition coefficient (Wildman–Crippen LogP) is 1.41. The molecule has 2 heterocycles. The Morgan fingerprint density at radius 2 is 1.95 bits per heavy atom. The van der Waals surface area contributed by atoms with Gasteiger partial charge in [-0.25, -0.2) is 9.97 Å². The monoisotopic (exact) mass is 300 g/mol. The second-order valence-electron chi connectivity index (χ2n) is 5.77. The van der Waals surface area contributed by atoms with Crippen molar-refractivity contribution in [3.63, 3.8) is 0 Å². The molecule has 3 rings (SSSR count). The van der Waals surface area contributed by atoms with E-state index in [0.717, 1.165) is 45.1 Å². The first-order valence-corrected chi connectivity index (χ1v) is 8.07. The minimum atomic E-state index is 0.673. The van der Waals surface area contributed by atoms with Crippen LogP contribution in [0.4, 0.5) is 5.95 Å². The average molecular weight is 300 g/mol. The smallest absolute Gasteiger partial charge is 0.225 e. The van der Waals surface area contributed by atoms with Crippen LogP contribution in [0.5, 0.6) is 0 Å². The molecule has 0 bridgehead atoms. The lowest BCUT2D eigenvalue weighted by Crippen LogP contribution is -2.51. The fourth-order valence-corrected chi connectivity index (χ4v) is 2.97. The van der Waals surface area contributed by atoms with E-state index in [1.54, 1.807) is 18.0 Å². The van der Waals surface area contributed by atoms with Crippen LogP contribution in [-0.2, 0) is 0 Å². The Labute approximate surface area is 131 Å². The SMILES string of the molecule is NC(=NCCC1=CCCC1)N1CCN(c2ncccn2)CC1. The maximum absolute atomic E-state index is 6.12. The van der Waals surface area contributed by atoms with Crippen LogP contribution in [0.1, 0.15) is 25.7 Å². The normalized spacial score (nSPS) is 19.5. The van der Waals surface area contributed by atoms with Gasteiger partial charge in [-0.1, -0.05) is 11.6 Å². The topological polar surface area (TPSA) is 70.6 Å². The zero-order valence-electron chi connectivity index (χ0n) is 13.0. The van der Waals surface area contributed by atoms with Crippen molar-refractivity contribution in [3.8, 4) is 0 Å². The molecule has 1 saturated heterocycles. The number of aliphatic imine (C=N–C) groups is 1. The van der Waals surface area contributed by atoms with Crippen molar-refractivity contribution >= 4 is 11.9 Å². The maximum Gasteiger partial charge on any atom is 0.225 e. The van der Waals surface area contributed by atoms with Gasteiger partial charge < -0.3 is 15.5 Å². The van der Waals surface area contributed by atoms with Gasteiger partial charge in [-0.2, -0.15) is 0 Å². The number of rotatable bonds is 4. The van der Waals surface area contributed by atoms with Gasteiger partial charge in [0.05, 0.1) is 0 Å². The van der Waals surface area contributed by atoms with Gasteiger partial charge in [-0.3, -0.25) is 4.99 Å². The number of anilines is 1. The van der Waals surface area contributed by atoms with E-state index in [1.807, 2.05) is 6.07 Å². The number of nitrogens with zero attached hydrogens (tertiary/aromatic N) is 5. The Morgan fingerprint density at radius 1 is 1.18 bits per heavy atom. The molecule has 22 heavy (non-hydrogen) atoms. The van der Waals surface area contributed by atoms with Gasteiger partial charge in [0.1, 0.15) is 0 Å². The molecular formula is C16H24N6. The van der Waals surface area contributed by atoms with Crippen LogP contribution in [0.15, 0.2) is 35.1 Å². The molecule has 0 amide bonds. The molecule has 1 aliphatic heterocycles. The molecule has 6 nitrogen and oxygen atoms in total. The average Bonchev–Trinajstić information content (AvgIpc) is 3.09. The molecule has 1 aliphatic carbocycles. The zero-order valence-corrected chi connectivity index (χ0v) is 13.0. The molecule has 2 aliphatic rings. The maximum atomic E-state index is 6.12. The fraction of sp³-hybridized carbons (Fsp3) is 0.562. The summed E-state index contributed by atoms with van der Waals surface area (Å²) < 4.78 is 0. The van der Waals surface area contributed by atoms with Crippen LogP contribution >= 0.6 is 0 Å². The van der Waals surface area contributed by atoms with Crippen LogP contribution in [0, 0.1) is 0 Å². The molecule has 0 radical (unpaired) electrons. The van der Waals surface area contributed by atoms with Crippen LogP contribution in [0.3, 0.4) is 0 Å². The van der Waals surface area contributed by atoms with Crippen molar-refractivity contribution in [1.29, 1.82) is 0 Å². The van der Waals surface area contributed by atoms with Crippen molar-refractivity contribution < 1.29 is 0 Å². The molecule has 0 spiro atoms. The third-order valence-electron chi connectivity index (χ3n) is 4.28. The fourth-order valence-electron chi connectivity index (χ4n) is 2.97. The summed E-state index contributed by atoms with van der Waals surface area (Å²) in [5.74, 6) is 1.47. The van der Waals surface area contributed by atoms with Gasteiger partial charge in [0.15, 0.2) is 5.96 Å². The lowest BCUT2D eigenvalue weighted by molar-refractivity contribution is 0.378. The molecule has 1 aromatic heterocycles. The number of guanidine groups is 1. The minimum Gasteiger partial charge on any atom is -0.370 e. The first kappa shape index (κ1) is 14.8. The second kappa shape index (κ2) is 7.24. The van der Waals surface area contributed by atoms with Crippen molar-refractivity contribution in [2.75, 3.05) is 37.6 Å². The van der Waals surface area contributed by atoms with Crippen LogP contribution in [0.2, 0.25) is 0 Å². The van der Waals surface area contributed by atoms with E-state index in [-0.39, 0.29) is 0 Å². The van der Waals surface area contributed by atoms with E-state index in [1.165, 1.54) is 19.3 Å². The van der Waals surface area contributed by atoms with E-state index in [9.17, 15) is 0 Å². The van der Waals surface area contributed by atoms with Crippen LogP contribution < -0.4 is 10.6 Å². The first-order chi connectivity index (χ1) is 10.8. The summed E-state index contributed by atoms with van der Waals surface area (Å²) in [5, 5.41) is 0. The highest BCUT2D eigenvalue weighted by molar-refractivity contribution is 5.78. The predicted molar refractivity (Wildman–Crippen MR) is 88.9 cm³/mol. The van der Waals surface area contributed by atoms with Crippen molar-refractivity contribution in [3.05, 3.63) is 30.1 Å². The van der Waals surface area contributed by atoms with Crippen molar-refractivity contribution in [1.82, 2.24) is 14.9 Å². The molecule has 1 aromatic rings. The highest BCUT2D eigenvalue weighted by atomic mass is 15.3. The van der Waals surface area contributed by atoms with Gasteiger partial charge >= 0.3 is 0 Å². The summed E-state index contributed by atoms with van der Waals surface area (Å²) in [5.41, 5.74) is 7.67. The molecule has 0 saturated carbocycles. The van der Waals surface area contributed by atoms with Crippen LogP contribution in [-0.4, -0.2) is 53.6 Å². The number of nitrogens with two attached hydrogens (primary N) is 1. The van der Waals surface area contributed by atoms with Gasteiger partial charge in [0, 0.05) is 45.1 Å². The van der Waals surface area contributed by atoms with Gasteiger partial charge in [-0.05, 0) is 31.7 Å². The summed E-state index contributed by atoms with van der Waals surface area (Å²) in [6.07, 6.45) is 10.7. The Bertz CT molecular complexity index is 531. The van der Waals surface area contributed by atoms with Crippen molar-refractivity contribution in [2.45, 2.75) is 25.7 Å². The van der Waals surface area contributed by atoms with E-state index in [2.05, 4.69) is 30.8 Å². The highest BCUT2D eigenvalue weighted by Crippen LogP contribution is 2.20. The van der Waals surface area contributed by atoms with Crippen LogP contribution in [0.25, 0.3) is 0 Å². The van der Waals surface area contributed by atoms with E-state index in [4.69, 9.17) is 5.73 Å². The van der Waals surface area contributed by atoms with E-state index >= 15 is 0 Å². The summed E-state index contributed by atoms with van der Waals surface area (Å²) >= 11 is 0. The van der Waals surface area contributed by atoms with E-state index < -0.39 is 0 Å². The summed E-state index contributed by atoms with van der Waals surface area (Å²) in [4.78, 5) is 17.5. The largest absolute Gasteiger partial charge is 0.370 e. The Morgan fingerprint density at radius 3 is 2.64 bits per heavy atom. The molecule has 0 atom stereocenters. The second-order valence-corrected chi connectivity index (χ2v) is 5.77. The lowest BCUT2D eigenvalue weighted by Gasteiger charge is -2.35.